The summed E-state index contributed by atoms with van der Waals surface area (Å²) in [4.78, 5) is 13.2. The average Bonchev–Trinajstić information content (AvgIpc) is 3.06. The monoisotopic (exact) mass is 744 g/mol. The number of aliphatic hydroxyl groups excluding tert-OH is 11. The summed E-state index contributed by atoms with van der Waals surface area (Å²) < 4.78 is 11.0. The summed E-state index contributed by atoms with van der Waals surface area (Å²) in [5, 5.41) is 115. The van der Waals surface area contributed by atoms with Gasteiger partial charge in [0.1, 0.15) is 36.4 Å². The minimum Gasteiger partial charge on any atom is -0.459 e. The predicted octanol–water partition coefficient (Wildman–Crippen LogP) is 0.236. The van der Waals surface area contributed by atoms with Gasteiger partial charge in [0.05, 0.1) is 55.9 Å². The number of ether oxygens (including phenoxy) is 2. The molecule has 1 aliphatic heterocycles. The Morgan fingerprint density at radius 1 is 0.769 bits per heavy atom. The molecule has 0 radical (unpaired) electrons. The Morgan fingerprint density at radius 3 is 1.85 bits per heavy atom. The first-order chi connectivity index (χ1) is 24.6. The summed E-state index contributed by atoms with van der Waals surface area (Å²) in [6.07, 6.45) is -0.685. The maximum Gasteiger partial charge on any atom is 0.314 e. The molecule has 0 aromatic rings. The quantitative estimate of drug-likeness (QED) is 0.112. The molecule has 0 fully saturated rings. The number of cyclic esters (lactones) is 1. The number of esters is 1. The topological polar surface area (TPSA) is 258 Å². The zero-order valence-corrected chi connectivity index (χ0v) is 30.6. The Bertz CT molecular complexity index is 1120. The minimum atomic E-state index is -1.57. The number of allylic oxidation sites excluding steroid dienone is 8. The number of unbranched alkanes of at least 4 members (excludes halogenated alkanes) is 2. The summed E-state index contributed by atoms with van der Waals surface area (Å²) in [6, 6.07) is 0. The number of carbonyl (C=O) groups excluding carboxylic acids is 1. The Hall–Kier alpha value is -2.31. The lowest BCUT2D eigenvalue weighted by atomic mass is 9.87. The van der Waals surface area contributed by atoms with Gasteiger partial charge in [-0.3, -0.25) is 4.79 Å². The highest BCUT2D eigenvalue weighted by molar-refractivity contribution is 5.74. The molecular weight excluding hydrogens is 680 g/mol. The van der Waals surface area contributed by atoms with E-state index in [1.165, 1.54) is 13.0 Å². The van der Waals surface area contributed by atoms with Crippen molar-refractivity contribution in [3.05, 3.63) is 60.3 Å². The van der Waals surface area contributed by atoms with E-state index in [2.05, 4.69) is 0 Å². The van der Waals surface area contributed by atoms with Crippen LogP contribution in [0.4, 0.5) is 0 Å². The Kier molecular flexibility index (Phi) is 24.3. The van der Waals surface area contributed by atoms with E-state index >= 15 is 0 Å². The zero-order valence-electron chi connectivity index (χ0n) is 30.6. The van der Waals surface area contributed by atoms with Crippen LogP contribution in [0.2, 0.25) is 0 Å². The minimum absolute atomic E-state index is 0.185. The van der Waals surface area contributed by atoms with Crippen LogP contribution >= 0.6 is 0 Å². The normalized spacial score (nSPS) is 37.6. The molecule has 0 amide bonds. The molecule has 1 heterocycles. The summed E-state index contributed by atoms with van der Waals surface area (Å²) in [6.45, 7) is 4.11. The van der Waals surface area contributed by atoms with Gasteiger partial charge in [0, 0.05) is 12.8 Å². The van der Waals surface area contributed by atoms with Crippen molar-refractivity contribution in [1.29, 1.82) is 0 Å². The van der Waals surface area contributed by atoms with Crippen molar-refractivity contribution in [2.75, 3.05) is 13.2 Å². The molecule has 0 aromatic heterocycles. The summed E-state index contributed by atoms with van der Waals surface area (Å²) in [5.41, 5.74) is 0.454. The van der Waals surface area contributed by atoms with E-state index in [1.54, 1.807) is 55.5 Å². The first-order valence-electron chi connectivity index (χ1n) is 18.2. The van der Waals surface area contributed by atoms with Gasteiger partial charge < -0.3 is 65.6 Å². The van der Waals surface area contributed by atoms with Crippen molar-refractivity contribution in [3.63, 3.8) is 0 Å². The maximum absolute atomic E-state index is 13.2. The van der Waals surface area contributed by atoms with E-state index in [9.17, 15) is 61.0 Å². The van der Waals surface area contributed by atoms with Crippen LogP contribution in [0.25, 0.3) is 0 Å². The molecule has 11 N–H and O–H groups in total. The molecular formula is C38H64O14. The first-order valence-corrected chi connectivity index (χ1v) is 18.2. The first kappa shape index (κ1) is 47.7. The second-order valence-corrected chi connectivity index (χ2v) is 13.7. The third kappa shape index (κ3) is 19.1. The van der Waals surface area contributed by atoms with E-state index in [1.807, 2.05) is 6.92 Å². The van der Waals surface area contributed by atoms with Crippen molar-refractivity contribution < 1.29 is 70.4 Å². The van der Waals surface area contributed by atoms with Crippen molar-refractivity contribution in [1.82, 2.24) is 0 Å². The highest BCUT2D eigenvalue weighted by Gasteiger charge is 2.38. The lowest BCUT2D eigenvalue weighted by molar-refractivity contribution is -0.168. The van der Waals surface area contributed by atoms with Gasteiger partial charge in [-0.25, -0.2) is 0 Å². The molecule has 52 heavy (non-hydrogen) atoms. The smallest absolute Gasteiger partial charge is 0.314 e. The number of hydrogen-bond acceptors (Lipinski definition) is 14. The molecule has 0 aliphatic carbocycles. The molecule has 1 rings (SSSR count). The molecule has 13 atom stereocenters. The van der Waals surface area contributed by atoms with Gasteiger partial charge in [0.25, 0.3) is 0 Å². The second kappa shape index (κ2) is 26.5. The van der Waals surface area contributed by atoms with Crippen LogP contribution in [0.1, 0.15) is 78.6 Å². The van der Waals surface area contributed by atoms with E-state index in [-0.39, 0.29) is 38.7 Å². The number of rotatable bonds is 9. The van der Waals surface area contributed by atoms with Crippen molar-refractivity contribution in [2.24, 2.45) is 5.92 Å². The van der Waals surface area contributed by atoms with Gasteiger partial charge >= 0.3 is 5.97 Å². The third-order valence-electron chi connectivity index (χ3n) is 8.81. The van der Waals surface area contributed by atoms with E-state index in [0.717, 1.165) is 12.8 Å². The molecule has 0 saturated heterocycles. The Balaban J connectivity index is 3.29. The molecule has 14 heteroatoms. The zero-order chi connectivity index (χ0) is 39.2. The van der Waals surface area contributed by atoms with Crippen LogP contribution in [-0.2, 0) is 14.3 Å². The Morgan fingerprint density at radius 2 is 1.29 bits per heavy atom. The van der Waals surface area contributed by atoms with Crippen molar-refractivity contribution in [2.45, 2.75) is 152 Å². The molecule has 0 aromatic carbocycles. The molecule has 0 unspecified atom stereocenters. The number of carbonyl (C=O) groups is 1. The Labute approximate surface area is 307 Å². The summed E-state index contributed by atoms with van der Waals surface area (Å²) in [5.74, 6) is -2.40. The van der Waals surface area contributed by atoms with Gasteiger partial charge in [-0.15, -0.1) is 0 Å². The fraction of sp³-hybridized carbons (Fsp3) is 0.711. The van der Waals surface area contributed by atoms with Crippen LogP contribution in [-0.4, -0.2) is 149 Å². The van der Waals surface area contributed by atoms with Crippen molar-refractivity contribution >= 4 is 5.97 Å². The van der Waals surface area contributed by atoms with Crippen LogP contribution in [0.3, 0.4) is 0 Å². The standard InChI is InChI=1S/C38H64O14/c1-4-5-11-16-32(46)35-33(47)20-28(42)18-26(40)17-27(41)19-29(43)21-34(48)36(49)37(51-23-30(44)22-39)24(2)14-12-9-7-6-8-10-13-15-31(45)25(3)52-38(35)50/h6-10,12-15,25-37,39-49H,4-5,11,16-23H2,1-3H3/b7-6+,10-8+,12-9+,15-13+,24-14-/t25-,26-,27+,28-,29+,30+,31-,32+,33-,34+,35+,36-,37+/m0/s1. The molecule has 1 aliphatic rings. The molecule has 0 saturated carbocycles. The van der Waals surface area contributed by atoms with Gasteiger partial charge in [0.15, 0.2) is 0 Å². The molecule has 14 nitrogen and oxygen atoms in total. The maximum atomic E-state index is 13.2. The second-order valence-electron chi connectivity index (χ2n) is 13.7. The van der Waals surface area contributed by atoms with Gasteiger partial charge in [-0.05, 0) is 45.1 Å². The highest BCUT2D eigenvalue weighted by atomic mass is 16.6. The van der Waals surface area contributed by atoms with Gasteiger partial charge in [-0.1, -0.05) is 80.9 Å². The van der Waals surface area contributed by atoms with Gasteiger partial charge in [0.2, 0.25) is 0 Å². The molecule has 0 bridgehead atoms. The van der Waals surface area contributed by atoms with Crippen LogP contribution < -0.4 is 0 Å². The lowest BCUT2D eigenvalue weighted by Crippen LogP contribution is -2.43. The van der Waals surface area contributed by atoms with Gasteiger partial charge in [-0.2, -0.15) is 0 Å². The lowest BCUT2D eigenvalue weighted by Gasteiger charge is -2.30. The summed E-state index contributed by atoms with van der Waals surface area (Å²) >= 11 is 0. The highest BCUT2D eigenvalue weighted by Crippen LogP contribution is 2.24. The van der Waals surface area contributed by atoms with E-state index < -0.39 is 98.2 Å². The SMILES string of the molecule is CCCCC[C@@H](O)[C@H]1C(=O)O[C@@H](C)[C@@H](O)/C=C/C=C/C=C/C=C/C=C(/C)[C@@H](OC[C@H](O)CO)[C@@H](O)[C@H](O)C[C@H](O)C[C@H](O)C[C@H](O)C[C@H](O)C[C@@H]1O. The van der Waals surface area contributed by atoms with E-state index in [0.29, 0.717) is 12.0 Å². The predicted molar refractivity (Wildman–Crippen MR) is 193 cm³/mol. The molecule has 300 valence electrons. The van der Waals surface area contributed by atoms with E-state index in [4.69, 9.17) is 9.47 Å². The largest absolute Gasteiger partial charge is 0.459 e. The van der Waals surface area contributed by atoms with Crippen LogP contribution in [0, 0.1) is 5.92 Å². The van der Waals surface area contributed by atoms with Crippen molar-refractivity contribution in [3.8, 4) is 0 Å². The number of aliphatic hydroxyl groups is 11. The average molecular weight is 745 g/mol. The van der Waals surface area contributed by atoms with Crippen LogP contribution in [0.5, 0.6) is 0 Å². The summed E-state index contributed by atoms with van der Waals surface area (Å²) in [7, 11) is 0. The fourth-order valence-electron chi connectivity index (χ4n) is 5.78. The third-order valence-corrected chi connectivity index (χ3v) is 8.81. The molecule has 0 spiro atoms. The van der Waals surface area contributed by atoms with Crippen LogP contribution in [0.15, 0.2) is 60.3 Å². The number of hydrogen-bond donors (Lipinski definition) is 11. The fourth-order valence-corrected chi connectivity index (χ4v) is 5.78.